The molecule has 6 nitrogen and oxygen atoms in total. The maximum absolute atomic E-state index is 6.73. The maximum atomic E-state index is 6.73. The zero-order valence-electron chi connectivity index (χ0n) is 40.4. The van der Waals surface area contributed by atoms with Crippen LogP contribution in [0.3, 0.4) is 0 Å². The minimum atomic E-state index is -0.0734. The molecular weight excluding hydrogens is 1080 g/mol. The Morgan fingerprint density at radius 3 is 1.77 bits per heavy atom. The van der Waals surface area contributed by atoms with E-state index in [4.69, 9.17) is 14.1 Å². The van der Waals surface area contributed by atoms with Crippen LogP contribution in [-0.4, -0.2) is 9.55 Å². The summed E-state index contributed by atoms with van der Waals surface area (Å²) in [6.45, 7) is 8.84. The fraction of sp³-hybridized carbons (Fsp3) is 0.0606. The summed E-state index contributed by atoms with van der Waals surface area (Å²) in [6, 6.07) is 83.9. The smallest absolute Gasteiger partial charge is 0.136 e. The third kappa shape index (κ3) is 8.28. The van der Waals surface area contributed by atoms with Crippen molar-refractivity contribution < 1.29 is 30.2 Å². The molecule has 4 heterocycles. The fourth-order valence-corrected chi connectivity index (χ4v) is 10.2. The van der Waals surface area contributed by atoms with Crippen molar-refractivity contribution in [3.8, 4) is 61.8 Å². The number of nitrogens with zero attached hydrogens (tertiary/aromatic N) is 4. The van der Waals surface area contributed by atoms with E-state index in [0.717, 1.165) is 94.9 Å². The Hall–Kier alpha value is -8.44. The molecule has 0 aliphatic carbocycles. The van der Waals surface area contributed by atoms with Gasteiger partial charge in [0, 0.05) is 72.3 Å². The number of para-hydroxylation sites is 4. The van der Waals surface area contributed by atoms with E-state index >= 15 is 0 Å². The van der Waals surface area contributed by atoms with E-state index in [9.17, 15) is 0 Å². The minimum absolute atomic E-state index is 0. The van der Waals surface area contributed by atoms with Crippen LogP contribution < -0.4 is 14.5 Å². The molecule has 356 valence electrons. The second-order valence-electron chi connectivity index (χ2n) is 19.3. The zero-order valence-corrected chi connectivity index (χ0v) is 42.6. The van der Waals surface area contributed by atoms with Gasteiger partial charge < -0.3 is 23.5 Å². The van der Waals surface area contributed by atoms with Crippen molar-refractivity contribution >= 4 is 55.7 Å². The molecule has 0 N–H and O–H groups in total. The van der Waals surface area contributed by atoms with Crippen LogP contribution in [0, 0.1) is 18.8 Å². The third-order valence-corrected chi connectivity index (χ3v) is 13.7. The molecule has 0 saturated carbocycles. The number of pyridine rings is 1. The summed E-state index contributed by atoms with van der Waals surface area (Å²) in [6.07, 6.45) is 1.89. The molecule has 1 aliphatic rings. The van der Waals surface area contributed by atoms with Gasteiger partial charge in [0.1, 0.15) is 17.0 Å². The minimum Gasteiger partial charge on any atom is -0.509 e. The molecular formula is C66H47N4O2Pt-3. The van der Waals surface area contributed by atoms with E-state index in [1.165, 1.54) is 16.7 Å². The number of furan rings is 1. The largest absolute Gasteiger partial charge is 0.509 e. The van der Waals surface area contributed by atoms with Gasteiger partial charge in [-0.25, -0.2) is 4.98 Å². The first-order chi connectivity index (χ1) is 35.3. The molecule has 0 fully saturated rings. The molecule has 12 aromatic rings. The van der Waals surface area contributed by atoms with E-state index in [0.29, 0.717) is 11.5 Å². The van der Waals surface area contributed by atoms with Crippen LogP contribution in [0.5, 0.6) is 11.5 Å². The summed E-state index contributed by atoms with van der Waals surface area (Å²) < 4.78 is 15.4. The fourth-order valence-electron chi connectivity index (χ4n) is 10.2. The monoisotopic (exact) mass is 1120 g/mol. The molecule has 0 bridgehead atoms. The molecule has 0 saturated heterocycles. The molecule has 0 amide bonds. The Bertz CT molecular complexity index is 3900. The van der Waals surface area contributed by atoms with Gasteiger partial charge in [-0.15, -0.1) is 42.7 Å². The topological polar surface area (TPSA) is 46.7 Å². The van der Waals surface area contributed by atoms with Crippen LogP contribution in [0.1, 0.15) is 26.3 Å². The summed E-state index contributed by atoms with van der Waals surface area (Å²) in [5, 5.41) is 1.94. The number of aromatic nitrogens is 2. The Morgan fingerprint density at radius 1 is 0.507 bits per heavy atom. The zero-order chi connectivity index (χ0) is 48.3. The van der Waals surface area contributed by atoms with Crippen LogP contribution in [-0.2, 0) is 26.5 Å². The Balaban J connectivity index is 0.00000543. The van der Waals surface area contributed by atoms with Gasteiger partial charge in [0.15, 0.2) is 0 Å². The quantitative estimate of drug-likeness (QED) is 0.135. The van der Waals surface area contributed by atoms with Crippen LogP contribution in [0.25, 0.3) is 83.3 Å². The average molecular weight is 1120 g/mol. The van der Waals surface area contributed by atoms with Crippen molar-refractivity contribution in [2.75, 3.05) is 9.80 Å². The van der Waals surface area contributed by atoms with E-state index in [1.54, 1.807) is 0 Å². The summed E-state index contributed by atoms with van der Waals surface area (Å²) in [5.74, 6) is 1.90. The van der Waals surface area contributed by atoms with Gasteiger partial charge >= 0.3 is 0 Å². The van der Waals surface area contributed by atoms with E-state index in [1.807, 2.05) is 42.6 Å². The van der Waals surface area contributed by atoms with Gasteiger partial charge in [-0.2, -0.15) is 12.1 Å². The molecule has 13 rings (SSSR count). The number of anilines is 4. The Morgan fingerprint density at radius 2 is 1.08 bits per heavy atom. The van der Waals surface area contributed by atoms with Crippen molar-refractivity contribution in [2.24, 2.45) is 0 Å². The second kappa shape index (κ2) is 18.6. The molecule has 0 spiro atoms. The van der Waals surface area contributed by atoms with E-state index in [-0.39, 0.29) is 26.5 Å². The van der Waals surface area contributed by atoms with Gasteiger partial charge in [0.25, 0.3) is 0 Å². The number of fused-ring (bicyclic) bond motifs is 6. The summed E-state index contributed by atoms with van der Waals surface area (Å²) >= 11 is 0. The van der Waals surface area contributed by atoms with Gasteiger partial charge in [-0.3, -0.25) is 0 Å². The maximum Gasteiger partial charge on any atom is 0.136 e. The van der Waals surface area contributed by atoms with Crippen LogP contribution in [0.2, 0.25) is 0 Å². The van der Waals surface area contributed by atoms with Gasteiger partial charge in [-0.05, 0) is 92.9 Å². The number of hydrogen-bond acceptors (Lipinski definition) is 5. The van der Waals surface area contributed by atoms with Crippen LogP contribution in [0.4, 0.5) is 22.7 Å². The molecule has 9 aromatic carbocycles. The van der Waals surface area contributed by atoms with E-state index in [2.05, 4.69) is 236 Å². The standard InChI is InChI=1S/C66H47N4O2.Pt/c1-66(2,3)50-36-37-67-62(40-50)70-60-42-53(34-35-56(60)65-64(70)57-28-10-13-33-61(57)72-65)71-52-27-16-26-51(41-52)68-43-69(59-32-12-11-31-58(59)68)63-54(48-24-14-22-46(38-48)44-18-6-4-7-19-44)29-17-30-55(63)49-25-15-23-47(39-49)45-20-8-5-9-21-45;/h4-40,43H,1-3H3;/q-3;. The predicted octanol–water partition coefficient (Wildman–Crippen LogP) is 17.7. The number of benzene rings is 9. The van der Waals surface area contributed by atoms with Gasteiger partial charge in [0.05, 0.1) is 5.52 Å². The summed E-state index contributed by atoms with van der Waals surface area (Å²) in [4.78, 5) is 9.46. The van der Waals surface area contributed by atoms with Crippen LogP contribution in [0.15, 0.2) is 229 Å². The Kier molecular flexibility index (Phi) is 11.7. The third-order valence-electron chi connectivity index (χ3n) is 13.7. The Labute approximate surface area is 439 Å². The molecule has 7 heteroatoms. The van der Waals surface area contributed by atoms with E-state index < -0.39 is 0 Å². The van der Waals surface area contributed by atoms with Crippen LogP contribution >= 0.6 is 0 Å². The average Bonchev–Trinajstić information content (AvgIpc) is 4.10. The number of ether oxygens (including phenoxy) is 1. The van der Waals surface area contributed by atoms with Crippen molar-refractivity contribution in [3.63, 3.8) is 0 Å². The summed E-state index contributed by atoms with van der Waals surface area (Å²) in [5.41, 5.74) is 17.6. The first-order valence-corrected chi connectivity index (χ1v) is 24.3. The second-order valence-corrected chi connectivity index (χ2v) is 19.3. The van der Waals surface area contributed by atoms with Crippen molar-refractivity contribution in [3.05, 3.63) is 249 Å². The normalized spacial score (nSPS) is 12.4. The SMILES string of the molecule is CC(C)(C)c1ccnc(-n2c3[c-]c(Oc4[c-]c(N5[CH-]N(c6c(-c7cccc(-c8ccccc8)c7)cccc6-c6cccc(-c7ccccc7)c6)c6ccccc65)ccc4)ccc3c3oc4ccccc4c32)c1.[Pt]. The number of rotatable bonds is 9. The molecule has 73 heavy (non-hydrogen) atoms. The first-order valence-electron chi connectivity index (χ1n) is 24.3. The number of hydrogen-bond donors (Lipinski definition) is 0. The predicted molar refractivity (Wildman–Crippen MR) is 294 cm³/mol. The molecule has 0 radical (unpaired) electrons. The first kappa shape index (κ1) is 45.7. The van der Waals surface area contributed by atoms with Crippen molar-refractivity contribution in [1.82, 2.24) is 9.55 Å². The molecule has 0 atom stereocenters. The molecule has 1 aliphatic heterocycles. The van der Waals surface area contributed by atoms with Gasteiger partial charge in [0.2, 0.25) is 0 Å². The summed E-state index contributed by atoms with van der Waals surface area (Å²) in [7, 11) is 0. The van der Waals surface area contributed by atoms with Crippen molar-refractivity contribution in [2.45, 2.75) is 26.2 Å². The van der Waals surface area contributed by atoms with Gasteiger partial charge in [-0.1, -0.05) is 171 Å². The molecule has 3 aromatic heterocycles. The molecule has 0 unspecified atom stereocenters. The van der Waals surface area contributed by atoms with Crippen molar-refractivity contribution in [1.29, 1.82) is 0 Å².